The fourth-order valence-corrected chi connectivity index (χ4v) is 2.79. The van der Waals surface area contributed by atoms with Crippen LogP contribution >= 0.6 is 0 Å². The SMILES string of the molecule is CCn1cnc2c1C1(CCOC1)NCC2. The number of imidazole rings is 1. The molecule has 1 unspecified atom stereocenters. The molecule has 1 atom stereocenters. The quantitative estimate of drug-likeness (QED) is 0.735. The lowest BCUT2D eigenvalue weighted by atomic mass is 9.88. The second kappa shape index (κ2) is 3.32. The van der Waals surface area contributed by atoms with E-state index in [1.807, 2.05) is 6.33 Å². The number of aryl methyl sites for hydroxylation is 1. The van der Waals surface area contributed by atoms with Crippen LogP contribution in [0.25, 0.3) is 0 Å². The molecule has 1 spiro atoms. The van der Waals surface area contributed by atoms with Gasteiger partial charge in [-0.05, 0) is 13.3 Å². The molecule has 3 rings (SSSR count). The van der Waals surface area contributed by atoms with Crippen molar-refractivity contribution in [3.63, 3.8) is 0 Å². The molecule has 3 heterocycles. The molecule has 0 saturated carbocycles. The average Bonchev–Trinajstić information content (AvgIpc) is 2.86. The first-order chi connectivity index (χ1) is 7.36. The average molecular weight is 207 g/mol. The van der Waals surface area contributed by atoms with E-state index in [0.29, 0.717) is 0 Å². The van der Waals surface area contributed by atoms with Gasteiger partial charge >= 0.3 is 0 Å². The second-order valence-electron chi connectivity index (χ2n) is 4.39. The van der Waals surface area contributed by atoms with Crippen LogP contribution in [-0.4, -0.2) is 29.3 Å². The zero-order chi connectivity index (χ0) is 10.3. The molecule has 1 aromatic heterocycles. The normalized spacial score (nSPS) is 29.7. The van der Waals surface area contributed by atoms with Crippen molar-refractivity contribution in [2.45, 2.75) is 31.8 Å². The van der Waals surface area contributed by atoms with E-state index in [1.54, 1.807) is 0 Å². The first kappa shape index (κ1) is 9.36. The molecule has 15 heavy (non-hydrogen) atoms. The van der Waals surface area contributed by atoms with Gasteiger partial charge in [-0.15, -0.1) is 0 Å². The minimum atomic E-state index is 0.0556. The number of nitrogens with one attached hydrogen (secondary N) is 1. The summed E-state index contributed by atoms with van der Waals surface area (Å²) in [6, 6.07) is 0. The molecule has 82 valence electrons. The Balaban J connectivity index is 2.11. The van der Waals surface area contributed by atoms with Crippen molar-refractivity contribution in [1.82, 2.24) is 14.9 Å². The molecule has 0 amide bonds. The Morgan fingerprint density at radius 1 is 1.67 bits per heavy atom. The predicted octanol–water partition coefficient (Wildman–Crippen LogP) is 0.664. The summed E-state index contributed by atoms with van der Waals surface area (Å²) >= 11 is 0. The lowest BCUT2D eigenvalue weighted by Gasteiger charge is -2.34. The van der Waals surface area contributed by atoms with Crippen molar-refractivity contribution >= 4 is 0 Å². The predicted molar refractivity (Wildman–Crippen MR) is 56.7 cm³/mol. The molecular weight excluding hydrogens is 190 g/mol. The van der Waals surface area contributed by atoms with Crippen LogP contribution in [0, 0.1) is 0 Å². The summed E-state index contributed by atoms with van der Waals surface area (Å²) in [6.07, 6.45) is 4.09. The van der Waals surface area contributed by atoms with E-state index >= 15 is 0 Å². The van der Waals surface area contributed by atoms with Gasteiger partial charge in [-0.25, -0.2) is 4.98 Å². The number of fused-ring (bicyclic) bond motifs is 2. The van der Waals surface area contributed by atoms with E-state index in [0.717, 1.165) is 39.1 Å². The second-order valence-corrected chi connectivity index (χ2v) is 4.39. The van der Waals surface area contributed by atoms with Crippen LogP contribution < -0.4 is 5.32 Å². The number of aromatic nitrogens is 2. The number of ether oxygens (including phenoxy) is 1. The molecule has 1 saturated heterocycles. The highest BCUT2D eigenvalue weighted by Crippen LogP contribution is 2.35. The Morgan fingerprint density at radius 2 is 2.60 bits per heavy atom. The molecule has 1 aromatic rings. The van der Waals surface area contributed by atoms with Crippen molar-refractivity contribution in [3.05, 3.63) is 17.7 Å². The topological polar surface area (TPSA) is 39.1 Å². The molecule has 4 nitrogen and oxygen atoms in total. The zero-order valence-electron chi connectivity index (χ0n) is 9.12. The maximum atomic E-state index is 5.56. The van der Waals surface area contributed by atoms with Crippen molar-refractivity contribution in [2.24, 2.45) is 0 Å². The first-order valence-electron chi connectivity index (χ1n) is 5.73. The Morgan fingerprint density at radius 3 is 3.33 bits per heavy atom. The number of nitrogens with zero attached hydrogens (tertiary/aromatic N) is 2. The molecular formula is C11H17N3O. The van der Waals surface area contributed by atoms with E-state index in [4.69, 9.17) is 4.74 Å². The van der Waals surface area contributed by atoms with Gasteiger partial charge < -0.3 is 14.6 Å². The molecule has 1 N–H and O–H groups in total. The van der Waals surface area contributed by atoms with Crippen LogP contribution in [0.5, 0.6) is 0 Å². The molecule has 0 radical (unpaired) electrons. The molecule has 0 aliphatic carbocycles. The Hall–Kier alpha value is -0.870. The van der Waals surface area contributed by atoms with Gasteiger partial charge in [-0.2, -0.15) is 0 Å². The van der Waals surface area contributed by atoms with E-state index in [9.17, 15) is 0 Å². The maximum absolute atomic E-state index is 5.56. The van der Waals surface area contributed by atoms with E-state index in [-0.39, 0.29) is 5.54 Å². The van der Waals surface area contributed by atoms with Crippen molar-refractivity contribution < 1.29 is 4.74 Å². The maximum Gasteiger partial charge on any atom is 0.0952 e. The minimum Gasteiger partial charge on any atom is -0.379 e. The third kappa shape index (κ3) is 1.25. The van der Waals surface area contributed by atoms with Gasteiger partial charge in [0.2, 0.25) is 0 Å². The Labute approximate surface area is 89.6 Å². The van der Waals surface area contributed by atoms with E-state index < -0.39 is 0 Å². The lowest BCUT2D eigenvalue weighted by molar-refractivity contribution is 0.160. The van der Waals surface area contributed by atoms with Crippen LogP contribution in [0.4, 0.5) is 0 Å². The first-order valence-corrected chi connectivity index (χ1v) is 5.73. The van der Waals surface area contributed by atoms with Crippen molar-refractivity contribution in [1.29, 1.82) is 0 Å². The van der Waals surface area contributed by atoms with Gasteiger partial charge in [-0.3, -0.25) is 0 Å². The Kier molecular flexibility index (Phi) is 2.07. The van der Waals surface area contributed by atoms with Crippen molar-refractivity contribution in [2.75, 3.05) is 19.8 Å². The third-order valence-electron chi connectivity index (χ3n) is 3.55. The van der Waals surface area contributed by atoms with Gasteiger partial charge in [0.25, 0.3) is 0 Å². The van der Waals surface area contributed by atoms with E-state index in [2.05, 4.69) is 21.8 Å². The summed E-state index contributed by atoms with van der Waals surface area (Å²) in [5.41, 5.74) is 2.69. The summed E-state index contributed by atoms with van der Waals surface area (Å²) in [5.74, 6) is 0. The summed E-state index contributed by atoms with van der Waals surface area (Å²) < 4.78 is 7.82. The van der Waals surface area contributed by atoms with Gasteiger partial charge in [0.15, 0.2) is 0 Å². The molecule has 0 bridgehead atoms. The summed E-state index contributed by atoms with van der Waals surface area (Å²) in [7, 11) is 0. The standard InChI is InChI=1S/C11H17N3O/c1-2-14-8-12-9-3-5-13-11(10(9)14)4-6-15-7-11/h8,13H,2-7H2,1H3. The fourth-order valence-electron chi connectivity index (χ4n) is 2.79. The monoisotopic (exact) mass is 207 g/mol. The molecule has 1 fully saturated rings. The van der Waals surface area contributed by atoms with Gasteiger partial charge in [0.05, 0.1) is 29.9 Å². The number of hydrogen-bond donors (Lipinski definition) is 1. The summed E-state index contributed by atoms with van der Waals surface area (Å²) in [4.78, 5) is 4.51. The third-order valence-corrected chi connectivity index (χ3v) is 3.55. The highest BCUT2D eigenvalue weighted by atomic mass is 16.5. The molecule has 2 aliphatic rings. The van der Waals surface area contributed by atoms with E-state index in [1.165, 1.54) is 11.4 Å². The van der Waals surface area contributed by atoms with Crippen LogP contribution in [-0.2, 0) is 23.2 Å². The van der Waals surface area contributed by atoms with Gasteiger partial charge in [-0.1, -0.05) is 0 Å². The van der Waals surface area contributed by atoms with Gasteiger partial charge in [0, 0.05) is 26.1 Å². The van der Waals surface area contributed by atoms with Gasteiger partial charge in [0.1, 0.15) is 0 Å². The number of rotatable bonds is 1. The summed E-state index contributed by atoms with van der Waals surface area (Å²) in [5, 5.41) is 3.63. The zero-order valence-corrected chi connectivity index (χ0v) is 9.12. The van der Waals surface area contributed by atoms with Crippen LogP contribution in [0.15, 0.2) is 6.33 Å². The van der Waals surface area contributed by atoms with Crippen LogP contribution in [0.1, 0.15) is 24.7 Å². The van der Waals surface area contributed by atoms with Crippen molar-refractivity contribution in [3.8, 4) is 0 Å². The highest BCUT2D eigenvalue weighted by Gasteiger charge is 2.42. The fraction of sp³-hybridized carbons (Fsp3) is 0.727. The van der Waals surface area contributed by atoms with Crippen LogP contribution in [0.2, 0.25) is 0 Å². The smallest absolute Gasteiger partial charge is 0.0952 e. The molecule has 2 aliphatic heterocycles. The Bertz CT molecular complexity index is 352. The minimum absolute atomic E-state index is 0.0556. The molecule has 0 aromatic carbocycles. The highest BCUT2D eigenvalue weighted by molar-refractivity contribution is 5.28. The largest absolute Gasteiger partial charge is 0.379 e. The molecule has 4 heteroatoms. The summed E-state index contributed by atoms with van der Waals surface area (Å²) in [6.45, 7) is 5.84. The lowest BCUT2D eigenvalue weighted by Crippen LogP contribution is -2.49. The van der Waals surface area contributed by atoms with Crippen LogP contribution in [0.3, 0.4) is 0 Å². The number of hydrogen-bond acceptors (Lipinski definition) is 3.